The Morgan fingerprint density at radius 2 is 2.12 bits per heavy atom. The molecule has 2 N–H and O–H groups in total. The fourth-order valence-corrected chi connectivity index (χ4v) is 2.35. The summed E-state index contributed by atoms with van der Waals surface area (Å²) < 4.78 is 6.90. The molecule has 0 saturated heterocycles. The number of amides is 1. The molecule has 2 aromatic heterocycles. The van der Waals surface area contributed by atoms with E-state index in [1.54, 1.807) is 13.3 Å². The molecule has 1 amide bonds. The number of carbonyl (C=O) groups is 1. The highest BCUT2D eigenvalue weighted by molar-refractivity contribution is 5.87. The zero-order valence-corrected chi connectivity index (χ0v) is 13.5. The van der Waals surface area contributed by atoms with E-state index in [4.69, 9.17) is 4.74 Å². The molecule has 0 aliphatic heterocycles. The topological polar surface area (TPSA) is 97.7 Å². The maximum Gasteiger partial charge on any atom is 0.249 e. The van der Waals surface area contributed by atoms with E-state index in [-0.39, 0.29) is 11.9 Å². The molecule has 8 heteroatoms. The Bertz CT molecular complexity index is 838. The summed E-state index contributed by atoms with van der Waals surface area (Å²) in [5.74, 6) is 0.621. The molecule has 0 saturated carbocycles. The summed E-state index contributed by atoms with van der Waals surface area (Å²) >= 11 is 0. The number of methoxy groups -OCH3 is 1. The van der Waals surface area contributed by atoms with E-state index in [0.29, 0.717) is 19.0 Å². The van der Waals surface area contributed by atoms with Crippen LogP contribution < -0.4 is 5.32 Å². The van der Waals surface area contributed by atoms with Gasteiger partial charge in [0, 0.05) is 31.4 Å². The maximum absolute atomic E-state index is 11.1. The zero-order valence-electron chi connectivity index (χ0n) is 13.5. The number of benzene rings is 1. The predicted octanol–water partition coefficient (Wildman–Crippen LogP) is 1.94. The standard InChI is InChI=1S/C16H18N6O2/c1-11(23)18-16-19-15(20-21-16)14-6-4-3-5-13(14)12-9-17-22(10-12)7-8-24-2/h3-6,9-10H,7-8H2,1-2H3,(H2,18,19,20,21,23). The highest BCUT2D eigenvalue weighted by Gasteiger charge is 2.13. The Balaban J connectivity index is 1.92. The van der Waals surface area contributed by atoms with Gasteiger partial charge in [-0.1, -0.05) is 24.3 Å². The number of rotatable bonds is 6. The minimum Gasteiger partial charge on any atom is -0.383 e. The molecule has 8 nitrogen and oxygen atoms in total. The van der Waals surface area contributed by atoms with Gasteiger partial charge in [0.25, 0.3) is 0 Å². The second-order valence-corrected chi connectivity index (χ2v) is 5.22. The lowest BCUT2D eigenvalue weighted by molar-refractivity contribution is -0.114. The lowest BCUT2D eigenvalue weighted by Crippen LogP contribution is -2.06. The number of nitrogens with zero attached hydrogens (tertiary/aromatic N) is 4. The van der Waals surface area contributed by atoms with Gasteiger partial charge in [0.15, 0.2) is 5.82 Å². The minimum absolute atomic E-state index is 0.215. The van der Waals surface area contributed by atoms with Gasteiger partial charge in [0.2, 0.25) is 11.9 Å². The third-order valence-electron chi connectivity index (χ3n) is 3.42. The number of ether oxygens (including phenoxy) is 1. The maximum atomic E-state index is 11.1. The first-order valence-corrected chi connectivity index (χ1v) is 7.48. The third-order valence-corrected chi connectivity index (χ3v) is 3.42. The van der Waals surface area contributed by atoms with E-state index < -0.39 is 0 Å². The van der Waals surface area contributed by atoms with Crippen molar-refractivity contribution in [2.24, 2.45) is 0 Å². The molecule has 0 spiro atoms. The molecule has 24 heavy (non-hydrogen) atoms. The second-order valence-electron chi connectivity index (χ2n) is 5.22. The minimum atomic E-state index is -0.215. The molecule has 0 aliphatic rings. The number of aromatic nitrogens is 5. The van der Waals surface area contributed by atoms with Crippen LogP contribution in [0.3, 0.4) is 0 Å². The van der Waals surface area contributed by atoms with Crippen molar-refractivity contribution in [1.82, 2.24) is 25.0 Å². The Hall–Kier alpha value is -3.00. The molecule has 0 atom stereocenters. The van der Waals surface area contributed by atoms with Crippen LogP contribution >= 0.6 is 0 Å². The summed E-state index contributed by atoms with van der Waals surface area (Å²) in [5.41, 5.74) is 2.83. The van der Waals surface area contributed by atoms with Gasteiger partial charge in [-0.25, -0.2) is 0 Å². The van der Waals surface area contributed by atoms with Crippen LogP contribution in [0.25, 0.3) is 22.5 Å². The largest absolute Gasteiger partial charge is 0.383 e. The molecule has 3 rings (SSSR count). The average molecular weight is 326 g/mol. The van der Waals surface area contributed by atoms with Crippen molar-refractivity contribution >= 4 is 11.9 Å². The smallest absolute Gasteiger partial charge is 0.249 e. The van der Waals surface area contributed by atoms with Crippen LogP contribution in [0.5, 0.6) is 0 Å². The molecular weight excluding hydrogens is 308 g/mol. The normalized spacial score (nSPS) is 10.8. The summed E-state index contributed by atoms with van der Waals surface area (Å²) in [6.45, 7) is 2.71. The highest BCUT2D eigenvalue weighted by atomic mass is 16.5. The molecule has 1 aromatic carbocycles. The Morgan fingerprint density at radius 1 is 1.33 bits per heavy atom. The number of H-pyrrole nitrogens is 1. The van der Waals surface area contributed by atoms with Gasteiger partial charge in [-0.2, -0.15) is 10.1 Å². The number of hydrogen-bond acceptors (Lipinski definition) is 5. The van der Waals surface area contributed by atoms with Crippen LogP contribution in [0.4, 0.5) is 5.95 Å². The van der Waals surface area contributed by atoms with Gasteiger partial charge < -0.3 is 4.74 Å². The molecule has 0 aliphatic carbocycles. The summed E-state index contributed by atoms with van der Waals surface area (Å²) in [4.78, 5) is 15.4. The predicted molar refractivity (Wildman–Crippen MR) is 89.2 cm³/mol. The monoisotopic (exact) mass is 326 g/mol. The van der Waals surface area contributed by atoms with Crippen LogP contribution in [0.2, 0.25) is 0 Å². The van der Waals surface area contributed by atoms with Gasteiger partial charge in [-0.3, -0.25) is 19.9 Å². The first-order valence-electron chi connectivity index (χ1n) is 7.48. The Morgan fingerprint density at radius 3 is 2.88 bits per heavy atom. The van der Waals surface area contributed by atoms with Crippen LogP contribution in [0.1, 0.15) is 6.92 Å². The number of hydrogen-bond donors (Lipinski definition) is 2. The van der Waals surface area contributed by atoms with E-state index in [1.165, 1.54) is 6.92 Å². The van der Waals surface area contributed by atoms with Crippen molar-refractivity contribution < 1.29 is 9.53 Å². The van der Waals surface area contributed by atoms with Crippen LogP contribution in [-0.2, 0) is 16.1 Å². The molecular formula is C16H18N6O2. The van der Waals surface area contributed by atoms with Gasteiger partial charge in [0.1, 0.15) is 0 Å². The fourth-order valence-electron chi connectivity index (χ4n) is 2.35. The Kier molecular flexibility index (Phi) is 4.66. The van der Waals surface area contributed by atoms with Crippen molar-refractivity contribution in [3.63, 3.8) is 0 Å². The molecule has 0 fully saturated rings. The summed E-state index contributed by atoms with van der Waals surface area (Å²) in [5, 5.41) is 13.8. The van der Waals surface area contributed by atoms with Crippen molar-refractivity contribution in [3.8, 4) is 22.5 Å². The van der Waals surface area contributed by atoms with E-state index in [1.807, 2.05) is 35.1 Å². The van der Waals surface area contributed by atoms with Gasteiger partial charge in [-0.05, 0) is 5.56 Å². The molecule has 124 valence electrons. The molecule has 3 aromatic rings. The fraction of sp³-hybridized carbons (Fsp3) is 0.250. The molecule has 0 unspecified atom stereocenters. The second kappa shape index (κ2) is 7.05. The van der Waals surface area contributed by atoms with E-state index in [9.17, 15) is 4.79 Å². The number of nitrogens with one attached hydrogen (secondary N) is 2. The number of aromatic amines is 1. The highest BCUT2D eigenvalue weighted by Crippen LogP contribution is 2.30. The SMILES string of the molecule is COCCn1cc(-c2ccccc2-c2nc(NC(C)=O)n[nH]2)cn1. The Labute approximate surface area is 138 Å². The average Bonchev–Trinajstić information content (AvgIpc) is 3.22. The lowest BCUT2D eigenvalue weighted by Gasteiger charge is -2.04. The van der Waals surface area contributed by atoms with E-state index in [2.05, 4.69) is 25.6 Å². The number of anilines is 1. The van der Waals surface area contributed by atoms with Crippen molar-refractivity contribution in [2.45, 2.75) is 13.5 Å². The zero-order chi connectivity index (χ0) is 16.9. The van der Waals surface area contributed by atoms with Crippen molar-refractivity contribution in [2.75, 3.05) is 19.0 Å². The van der Waals surface area contributed by atoms with Gasteiger partial charge in [-0.15, -0.1) is 5.10 Å². The van der Waals surface area contributed by atoms with Gasteiger partial charge in [0.05, 0.1) is 19.3 Å². The van der Waals surface area contributed by atoms with E-state index in [0.717, 1.165) is 16.7 Å². The first-order chi connectivity index (χ1) is 11.7. The molecule has 0 bridgehead atoms. The third kappa shape index (κ3) is 3.49. The van der Waals surface area contributed by atoms with E-state index >= 15 is 0 Å². The first kappa shape index (κ1) is 15.9. The summed E-state index contributed by atoms with van der Waals surface area (Å²) in [6, 6.07) is 7.82. The molecule has 2 heterocycles. The van der Waals surface area contributed by atoms with Crippen LogP contribution in [0, 0.1) is 0 Å². The van der Waals surface area contributed by atoms with Crippen molar-refractivity contribution in [1.29, 1.82) is 0 Å². The van der Waals surface area contributed by atoms with Gasteiger partial charge >= 0.3 is 0 Å². The quantitative estimate of drug-likeness (QED) is 0.721. The lowest BCUT2D eigenvalue weighted by atomic mass is 10.0. The summed E-state index contributed by atoms with van der Waals surface area (Å²) in [7, 11) is 1.66. The van der Waals surface area contributed by atoms with Crippen LogP contribution in [-0.4, -0.2) is 44.6 Å². The number of carbonyl (C=O) groups excluding carboxylic acids is 1. The summed E-state index contributed by atoms with van der Waals surface area (Å²) in [6.07, 6.45) is 3.77. The van der Waals surface area contributed by atoms with Crippen LogP contribution in [0.15, 0.2) is 36.7 Å². The molecule has 0 radical (unpaired) electrons. The van der Waals surface area contributed by atoms with Crippen molar-refractivity contribution in [3.05, 3.63) is 36.7 Å².